The first-order valence-corrected chi connectivity index (χ1v) is 7.70. The van der Waals surface area contributed by atoms with Crippen molar-refractivity contribution in [3.05, 3.63) is 65.0 Å². The molecule has 1 fully saturated rings. The highest BCUT2D eigenvalue weighted by molar-refractivity contribution is 5.29. The smallest absolute Gasteiger partial charge is 0.191 e. The number of hydrogen-bond donors (Lipinski definition) is 1. The SMILES string of the molecule is Fc1cc(F)c(OCc2ccc(C3CCNCC3)cc2)c(F)c1. The predicted molar refractivity (Wildman–Crippen MR) is 81.9 cm³/mol. The topological polar surface area (TPSA) is 21.3 Å². The van der Waals surface area contributed by atoms with Crippen molar-refractivity contribution in [1.29, 1.82) is 0 Å². The number of benzene rings is 2. The summed E-state index contributed by atoms with van der Waals surface area (Å²) in [5.41, 5.74) is 2.08. The van der Waals surface area contributed by atoms with Crippen LogP contribution in [0.15, 0.2) is 36.4 Å². The summed E-state index contributed by atoms with van der Waals surface area (Å²) >= 11 is 0. The second-order valence-corrected chi connectivity index (χ2v) is 5.75. The van der Waals surface area contributed by atoms with Crippen molar-refractivity contribution >= 4 is 0 Å². The molecular formula is C18H18F3NO. The zero-order chi connectivity index (χ0) is 16.2. The predicted octanol–water partition coefficient (Wildman–Crippen LogP) is 4.15. The molecular weight excluding hydrogens is 303 g/mol. The maximum Gasteiger partial charge on any atom is 0.191 e. The molecule has 0 unspecified atom stereocenters. The van der Waals surface area contributed by atoms with Gasteiger partial charge in [0.2, 0.25) is 0 Å². The lowest BCUT2D eigenvalue weighted by Gasteiger charge is -2.23. The summed E-state index contributed by atoms with van der Waals surface area (Å²) in [6.07, 6.45) is 2.23. The molecule has 1 aliphatic rings. The minimum atomic E-state index is -1.03. The fraction of sp³-hybridized carbons (Fsp3) is 0.333. The van der Waals surface area contributed by atoms with Crippen molar-refractivity contribution < 1.29 is 17.9 Å². The van der Waals surface area contributed by atoms with Crippen LogP contribution in [0.1, 0.15) is 29.9 Å². The largest absolute Gasteiger partial charge is 0.483 e. The van der Waals surface area contributed by atoms with Gasteiger partial charge in [-0.05, 0) is 43.0 Å². The van der Waals surface area contributed by atoms with Crippen molar-refractivity contribution in [3.8, 4) is 5.75 Å². The summed E-state index contributed by atoms with van der Waals surface area (Å²) in [5, 5.41) is 3.33. The average Bonchev–Trinajstić information content (AvgIpc) is 2.55. The van der Waals surface area contributed by atoms with Crippen LogP contribution in [0, 0.1) is 17.5 Å². The quantitative estimate of drug-likeness (QED) is 0.913. The van der Waals surface area contributed by atoms with Gasteiger partial charge in [0.25, 0.3) is 0 Å². The third-order valence-corrected chi connectivity index (χ3v) is 4.14. The van der Waals surface area contributed by atoms with Crippen molar-refractivity contribution in [1.82, 2.24) is 5.32 Å². The summed E-state index contributed by atoms with van der Waals surface area (Å²) in [5.74, 6) is -3.02. The third kappa shape index (κ3) is 3.85. The lowest BCUT2D eigenvalue weighted by molar-refractivity contribution is 0.272. The van der Waals surface area contributed by atoms with E-state index >= 15 is 0 Å². The third-order valence-electron chi connectivity index (χ3n) is 4.14. The molecule has 0 radical (unpaired) electrons. The highest BCUT2D eigenvalue weighted by Crippen LogP contribution is 2.26. The van der Waals surface area contributed by atoms with E-state index in [4.69, 9.17) is 4.74 Å². The summed E-state index contributed by atoms with van der Waals surface area (Å²) in [6, 6.07) is 9.09. The van der Waals surface area contributed by atoms with Crippen molar-refractivity contribution in [2.45, 2.75) is 25.4 Å². The standard InChI is InChI=1S/C18H18F3NO/c19-15-9-16(20)18(17(21)10-15)23-11-12-1-3-13(4-2-12)14-5-7-22-8-6-14/h1-4,9-10,14,22H,5-8,11H2. The van der Waals surface area contributed by atoms with E-state index in [1.54, 1.807) is 0 Å². The van der Waals surface area contributed by atoms with E-state index in [0.29, 0.717) is 18.1 Å². The molecule has 1 saturated heterocycles. The van der Waals surface area contributed by atoms with Gasteiger partial charge in [-0.1, -0.05) is 24.3 Å². The molecule has 23 heavy (non-hydrogen) atoms. The molecule has 0 aromatic heterocycles. The first kappa shape index (κ1) is 15.9. The monoisotopic (exact) mass is 321 g/mol. The van der Waals surface area contributed by atoms with E-state index in [0.717, 1.165) is 31.5 Å². The number of rotatable bonds is 4. The summed E-state index contributed by atoms with van der Waals surface area (Å²) in [4.78, 5) is 0. The highest BCUT2D eigenvalue weighted by Gasteiger charge is 2.15. The molecule has 0 spiro atoms. The normalized spacial score (nSPS) is 15.6. The Morgan fingerprint density at radius 3 is 2.17 bits per heavy atom. The van der Waals surface area contributed by atoms with Crippen LogP contribution in [0.3, 0.4) is 0 Å². The van der Waals surface area contributed by atoms with E-state index in [1.807, 2.05) is 24.3 Å². The molecule has 1 aliphatic heterocycles. The molecule has 2 aromatic carbocycles. The van der Waals surface area contributed by atoms with E-state index in [-0.39, 0.29) is 6.61 Å². The van der Waals surface area contributed by atoms with Gasteiger partial charge in [0, 0.05) is 12.1 Å². The Kier molecular flexibility index (Phi) is 4.86. The number of hydrogen-bond acceptors (Lipinski definition) is 2. The van der Waals surface area contributed by atoms with Crippen LogP contribution in [-0.2, 0) is 6.61 Å². The first-order chi connectivity index (χ1) is 11.1. The zero-order valence-corrected chi connectivity index (χ0v) is 12.6. The van der Waals surface area contributed by atoms with E-state index in [1.165, 1.54) is 5.56 Å². The zero-order valence-electron chi connectivity index (χ0n) is 12.6. The first-order valence-electron chi connectivity index (χ1n) is 7.70. The Balaban J connectivity index is 1.65. The van der Waals surface area contributed by atoms with E-state index in [9.17, 15) is 13.2 Å². The van der Waals surface area contributed by atoms with E-state index < -0.39 is 23.2 Å². The Hall–Kier alpha value is -2.01. The summed E-state index contributed by atoms with van der Waals surface area (Å²) in [7, 11) is 0. The molecule has 122 valence electrons. The number of nitrogens with one attached hydrogen (secondary N) is 1. The molecule has 1 N–H and O–H groups in total. The molecule has 2 nitrogen and oxygen atoms in total. The molecule has 3 rings (SSSR count). The van der Waals surface area contributed by atoms with Crippen LogP contribution < -0.4 is 10.1 Å². The molecule has 0 atom stereocenters. The number of ether oxygens (including phenoxy) is 1. The fourth-order valence-corrected chi connectivity index (χ4v) is 2.86. The number of piperidine rings is 1. The maximum absolute atomic E-state index is 13.5. The second kappa shape index (κ2) is 7.04. The lowest BCUT2D eigenvalue weighted by Crippen LogP contribution is -2.26. The molecule has 1 heterocycles. The Labute approximate surface area is 133 Å². The van der Waals surface area contributed by atoms with Crippen LogP contribution in [0.4, 0.5) is 13.2 Å². The van der Waals surface area contributed by atoms with Gasteiger partial charge in [0.15, 0.2) is 17.4 Å². The molecule has 0 bridgehead atoms. The van der Waals surface area contributed by atoms with Crippen LogP contribution in [0.2, 0.25) is 0 Å². The van der Waals surface area contributed by atoms with Crippen LogP contribution in [0.5, 0.6) is 5.75 Å². The molecule has 0 saturated carbocycles. The average molecular weight is 321 g/mol. The van der Waals surface area contributed by atoms with Crippen molar-refractivity contribution in [2.24, 2.45) is 0 Å². The van der Waals surface area contributed by atoms with Gasteiger partial charge in [0.05, 0.1) is 0 Å². The van der Waals surface area contributed by atoms with Gasteiger partial charge in [-0.25, -0.2) is 13.2 Å². The molecule has 0 aliphatic carbocycles. The fourth-order valence-electron chi connectivity index (χ4n) is 2.86. The molecule has 5 heteroatoms. The van der Waals surface area contributed by atoms with Crippen LogP contribution in [-0.4, -0.2) is 13.1 Å². The van der Waals surface area contributed by atoms with Gasteiger partial charge in [-0.15, -0.1) is 0 Å². The Morgan fingerprint density at radius 2 is 1.57 bits per heavy atom. The van der Waals surface area contributed by atoms with E-state index in [2.05, 4.69) is 5.32 Å². The molecule has 2 aromatic rings. The number of halogens is 3. The second-order valence-electron chi connectivity index (χ2n) is 5.75. The van der Waals surface area contributed by atoms with Crippen molar-refractivity contribution in [3.63, 3.8) is 0 Å². The van der Waals surface area contributed by atoms with Gasteiger partial charge in [0.1, 0.15) is 12.4 Å². The maximum atomic E-state index is 13.5. The van der Waals surface area contributed by atoms with Gasteiger partial charge >= 0.3 is 0 Å². The Bertz CT molecular complexity index is 643. The van der Waals surface area contributed by atoms with Gasteiger partial charge in [-0.2, -0.15) is 0 Å². The minimum Gasteiger partial charge on any atom is -0.483 e. The minimum absolute atomic E-state index is 0.0337. The van der Waals surface area contributed by atoms with Crippen LogP contribution >= 0.6 is 0 Å². The van der Waals surface area contributed by atoms with Gasteiger partial charge in [-0.3, -0.25) is 0 Å². The molecule has 0 amide bonds. The Morgan fingerprint density at radius 1 is 0.957 bits per heavy atom. The van der Waals surface area contributed by atoms with Gasteiger partial charge < -0.3 is 10.1 Å². The summed E-state index contributed by atoms with van der Waals surface area (Å²) in [6.45, 7) is 2.09. The van der Waals surface area contributed by atoms with Crippen LogP contribution in [0.25, 0.3) is 0 Å². The lowest BCUT2D eigenvalue weighted by atomic mass is 9.90. The summed E-state index contributed by atoms with van der Waals surface area (Å²) < 4.78 is 45.0. The highest BCUT2D eigenvalue weighted by atomic mass is 19.1. The van der Waals surface area contributed by atoms with Crippen molar-refractivity contribution in [2.75, 3.05) is 13.1 Å².